The first-order valence-corrected chi connectivity index (χ1v) is 12.0. The average Bonchev–Trinajstić information content (AvgIpc) is 2.98. The number of hydrogen-bond acceptors (Lipinski definition) is 6. The average molecular weight is 589 g/mol. The largest absolute Gasteiger partial charge is 0.490 e. The lowest BCUT2D eigenvalue weighted by Crippen LogP contribution is -2.44. The van der Waals surface area contributed by atoms with Gasteiger partial charge in [-0.2, -0.15) is 5.01 Å². The molecule has 0 saturated carbocycles. The Morgan fingerprint density at radius 1 is 1.23 bits per heavy atom. The highest BCUT2D eigenvalue weighted by Gasteiger charge is 2.34. The van der Waals surface area contributed by atoms with Gasteiger partial charge in [0, 0.05) is 10.6 Å². The van der Waals surface area contributed by atoms with Crippen LogP contribution in [0.1, 0.15) is 29.8 Å². The Bertz CT molecular complexity index is 1060. The lowest BCUT2D eigenvalue weighted by molar-refractivity contribution is -0.123. The van der Waals surface area contributed by atoms with Crippen LogP contribution in [0.4, 0.5) is 0 Å². The van der Waals surface area contributed by atoms with Gasteiger partial charge in [-0.1, -0.05) is 23.4 Å². The highest BCUT2D eigenvalue weighted by molar-refractivity contribution is 14.1. The molecule has 1 fully saturated rings. The molecule has 0 atom stereocenters. The Balaban J connectivity index is 1.82. The number of thiocarbonyl (C=S) groups is 1. The van der Waals surface area contributed by atoms with E-state index in [0.717, 1.165) is 25.9 Å². The van der Waals surface area contributed by atoms with Crippen molar-refractivity contribution in [2.45, 2.75) is 13.8 Å². The number of ether oxygens (including phenoxy) is 2. The first-order chi connectivity index (χ1) is 14.8. The fraction of sp³-hybridized carbons (Fsp3) is 0.190. The maximum atomic E-state index is 12.9. The molecule has 1 N–H and O–H groups in total. The summed E-state index contributed by atoms with van der Waals surface area (Å²) in [5, 5.41) is 1.59. The van der Waals surface area contributed by atoms with Gasteiger partial charge in [0.15, 0.2) is 15.8 Å². The fourth-order valence-electron chi connectivity index (χ4n) is 2.70. The van der Waals surface area contributed by atoms with Gasteiger partial charge in [-0.25, -0.2) is 0 Å². The zero-order valence-corrected chi connectivity index (χ0v) is 21.2. The van der Waals surface area contributed by atoms with Gasteiger partial charge in [0.05, 0.1) is 21.7 Å². The van der Waals surface area contributed by atoms with Crippen molar-refractivity contribution in [1.29, 1.82) is 0 Å². The van der Waals surface area contributed by atoms with Gasteiger partial charge < -0.3 is 9.47 Å². The summed E-state index contributed by atoms with van der Waals surface area (Å²) in [5.41, 5.74) is 3.68. The van der Waals surface area contributed by atoms with Crippen LogP contribution in [0.15, 0.2) is 41.3 Å². The van der Waals surface area contributed by atoms with Gasteiger partial charge >= 0.3 is 0 Å². The van der Waals surface area contributed by atoms with E-state index in [9.17, 15) is 9.59 Å². The quantitative estimate of drug-likeness (QED) is 0.270. The van der Waals surface area contributed by atoms with Crippen LogP contribution in [0.3, 0.4) is 0 Å². The molecule has 1 aliphatic heterocycles. The van der Waals surface area contributed by atoms with Crippen LogP contribution in [0.25, 0.3) is 6.08 Å². The van der Waals surface area contributed by atoms with Gasteiger partial charge in [0.2, 0.25) is 0 Å². The Morgan fingerprint density at radius 2 is 1.90 bits per heavy atom. The molecule has 10 heteroatoms. The molecular weight excluding hydrogens is 571 g/mol. The summed E-state index contributed by atoms with van der Waals surface area (Å²) in [6.45, 7) is 4.80. The molecule has 6 nitrogen and oxygen atoms in total. The van der Waals surface area contributed by atoms with Gasteiger partial charge in [0.1, 0.15) is 0 Å². The summed E-state index contributed by atoms with van der Waals surface area (Å²) < 4.78 is 12.5. The van der Waals surface area contributed by atoms with Gasteiger partial charge in [-0.05, 0) is 96.7 Å². The van der Waals surface area contributed by atoms with Crippen molar-refractivity contribution < 1.29 is 19.1 Å². The van der Waals surface area contributed by atoms with Crippen molar-refractivity contribution >= 4 is 80.4 Å². The van der Waals surface area contributed by atoms with Crippen LogP contribution >= 0.6 is 58.2 Å². The van der Waals surface area contributed by atoms with Crippen molar-refractivity contribution in [3.05, 3.63) is 61.0 Å². The summed E-state index contributed by atoms with van der Waals surface area (Å²) in [6.07, 6.45) is 1.72. The molecule has 0 unspecified atom stereocenters. The number of hydrazine groups is 1. The summed E-state index contributed by atoms with van der Waals surface area (Å²) in [4.78, 5) is 25.7. The van der Waals surface area contributed by atoms with Crippen molar-refractivity contribution in [2.24, 2.45) is 0 Å². The number of amides is 2. The zero-order chi connectivity index (χ0) is 22.5. The maximum absolute atomic E-state index is 12.9. The number of nitrogens with zero attached hydrogens (tertiary/aromatic N) is 1. The Morgan fingerprint density at radius 3 is 2.55 bits per heavy atom. The molecule has 162 valence electrons. The number of halogens is 2. The summed E-state index contributed by atoms with van der Waals surface area (Å²) in [5.74, 6) is 0.418. The van der Waals surface area contributed by atoms with Crippen molar-refractivity contribution in [2.75, 3.05) is 13.2 Å². The molecule has 0 radical (unpaired) electrons. The third-order valence-corrected chi connectivity index (χ3v) is 6.39. The Labute approximate surface area is 208 Å². The van der Waals surface area contributed by atoms with Crippen molar-refractivity contribution in [3.63, 3.8) is 0 Å². The summed E-state index contributed by atoms with van der Waals surface area (Å²) in [7, 11) is 0. The minimum Gasteiger partial charge on any atom is -0.490 e. The number of nitrogens with one attached hydrogen (secondary N) is 1. The van der Waals surface area contributed by atoms with Gasteiger partial charge in [0.25, 0.3) is 11.8 Å². The number of rotatable bonds is 7. The van der Waals surface area contributed by atoms with Gasteiger partial charge in [-0.15, -0.1) is 0 Å². The topological polar surface area (TPSA) is 67.9 Å². The smallest absolute Gasteiger partial charge is 0.285 e. The minimum absolute atomic E-state index is 0.240. The third kappa shape index (κ3) is 5.71. The van der Waals surface area contributed by atoms with Crippen LogP contribution in [-0.2, 0) is 4.79 Å². The highest BCUT2D eigenvalue weighted by Crippen LogP contribution is 2.37. The minimum atomic E-state index is -0.455. The van der Waals surface area contributed by atoms with E-state index in [0.29, 0.717) is 40.2 Å². The molecular formula is C21H18ClIN2O4S2. The predicted octanol–water partition coefficient (Wildman–Crippen LogP) is 5.29. The van der Waals surface area contributed by atoms with Crippen LogP contribution < -0.4 is 14.9 Å². The number of carbonyl (C=O) groups excluding carboxylic acids is 2. The molecule has 2 aromatic carbocycles. The molecule has 2 amide bonds. The SMILES string of the molecule is CCOc1cc(/C=C2/SC(=S)N(NC(=O)c3ccc(Cl)cc3)C2=O)cc(I)c1OCC. The first-order valence-electron chi connectivity index (χ1n) is 9.27. The number of carbonyl (C=O) groups is 2. The first kappa shape index (κ1) is 23.8. The van der Waals surface area contributed by atoms with E-state index in [1.165, 1.54) is 0 Å². The molecule has 0 aliphatic carbocycles. The second kappa shape index (κ2) is 10.7. The normalized spacial score (nSPS) is 14.8. The Hall–Kier alpha value is -1.82. The monoisotopic (exact) mass is 588 g/mol. The number of thioether (sulfide) groups is 1. The maximum Gasteiger partial charge on any atom is 0.285 e. The zero-order valence-electron chi connectivity index (χ0n) is 16.6. The van der Waals surface area contributed by atoms with E-state index < -0.39 is 11.8 Å². The molecule has 2 aromatic rings. The van der Waals surface area contributed by atoms with E-state index in [1.54, 1.807) is 30.3 Å². The molecule has 3 rings (SSSR count). The van der Waals surface area contributed by atoms with E-state index >= 15 is 0 Å². The second-order valence-corrected chi connectivity index (χ2v) is 9.44. The van der Waals surface area contributed by atoms with E-state index in [-0.39, 0.29) is 4.32 Å². The molecule has 1 heterocycles. The molecule has 1 saturated heterocycles. The van der Waals surface area contributed by atoms with E-state index in [1.807, 2.05) is 26.0 Å². The fourth-order valence-corrected chi connectivity index (χ4v) is 4.79. The molecule has 1 aliphatic rings. The Kier molecular flexibility index (Phi) is 8.20. The van der Waals surface area contributed by atoms with Crippen molar-refractivity contribution in [1.82, 2.24) is 10.4 Å². The number of hydrogen-bond donors (Lipinski definition) is 1. The molecule has 0 aromatic heterocycles. The van der Waals surface area contributed by atoms with Crippen LogP contribution in [0.5, 0.6) is 11.5 Å². The van der Waals surface area contributed by atoms with E-state index in [2.05, 4.69) is 28.0 Å². The highest BCUT2D eigenvalue weighted by atomic mass is 127. The van der Waals surface area contributed by atoms with Crippen LogP contribution in [-0.4, -0.2) is 34.4 Å². The standard InChI is InChI=1S/C21H18ClIN2O4S2/c1-3-28-16-10-12(9-15(23)18(16)29-4-2)11-17-20(27)25(21(30)31-17)24-19(26)13-5-7-14(22)8-6-13/h5-11H,3-4H2,1-2H3,(H,24,26)/b17-11+. The third-order valence-electron chi connectivity index (χ3n) is 4.03. The van der Waals surface area contributed by atoms with Crippen LogP contribution in [0.2, 0.25) is 5.02 Å². The predicted molar refractivity (Wildman–Crippen MR) is 135 cm³/mol. The lowest BCUT2D eigenvalue weighted by atomic mass is 10.2. The lowest BCUT2D eigenvalue weighted by Gasteiger charge is -2.15. The molecule has 0 spiro atoms. The summed E-state index contributed by atoms with van der Waals surface area (Å²) >= 11 is 14.4. The van der Waals surface area contributed by atoms with Crippen LogP contribution in [0, 0.1) is 3.57 Å². The molecule has 0 bridgehead atoms. The van der Waals surface area contributed by atoms with E-state index in [4.69, 9.17) is 33.3 Å². The van der Waals surface area contributed by atoms with Gasteiger partial charge in [-0.3, -0.25) is 15.0 Å². The van der Waals surface area contributed by atoms with Crippen molar-refractivity contribution in [3.8, 4) is 11.5 Å². The summed E-state index contributed by atoms with van der Waals surface area (Å²) in [6, 6.07) is 10.1. The number of benzene rings is 2. The second-order valence-electron chi connectivity index (χ2n) is 6.16. The molecule has 31 heavy (non-hydrogen) atoms.